The third kappa shape index (κ3) is 2.82. The van der Waals surface area contributed by atoms with Crippen LogP contribution in [0.15, 0.2) is 12.1 Å². The lowest BCUT2D eigenvalue weighted by atomic mass is 10.3. The molecular weight excluding hydrogens is 271 g/mol. The average Bonchev–Trinajstić information content (AvgIpc) is 2.75. The molecule has 0 aliphatic carbocycles. The predicted octanol–water partition coefficient (Wildman–Crippen LogP) is 3.15. The molecule has 0 aliphatic rings. The Bertz CT molecular complexity index is 551. The van der Waals surface area contributed by atoms with Crippen molar-refractivity contribution >= 4 is 23.2 Å². The molecule has 4 nitrogen and oxygen atoms in total. The van der Waals surface area contributed by atoms with Gasteiger partial charge in [0.25, 0.3) is 0 Å². The molecular formula is C12H14Cl2N4. The highest BCUT2D eigenvalue weighted by Gasteiger charge is 2.10. The molecule has 0 spiro atoms. The summed E-state index contributed by atoms with van der Waals surface area (Å²) in [6, 6.07) is 3.59. The normalized spacial score (nSPS) is 10.9. The second kappa shape index (κ2) is 5.67. The number of pyridine rings is 1. The molecule has 0 bridgehead atoms. The summed E-state index contributed by atoms with van der Waals surface area (Å²) in [6.45, 7) is 4.66. The monoisotopic (exact) mass is 284 g/mol. The first-order valence-electron chi connectivity index (χ1n) is 5.87. The minimum absolute atomic E-state index is 0.396. The molecule has 0 radical (unpaired) electrons. The molecule has 18 heavy (non-hydrogen) atoms. The Morgan fingerprint density at radius 2 is 1.89 bits per heavy atom. The van der Waals surface area contributed by atoms with Crippen LogP contribution in [-0.2, 0) is 19.4 Å². The van der Waals surface area contributed by atoms with Gasteiger partial charge in [-0.05, 0) is 6.07 Å². The molecule has 0 fully saturated rings. The Morgan fingerprint density at radius 1 is 1.11 bits per heavy atom. The van der Waals surface area contributed by atoms with Crippen LogP contribution in [0.25, 0.3) is 0 Å². The Morgan fingerprint density at radius 3 is 2.50 bits per heavy atom. The molecule has 0 N–H and O–H groups in total. The zero-order valence-electron chi connectivity index (χ0n) is 10.3. The van der Waals surface area contributed by atoms with Gasteiger partial charge in [0.1, 0.15) is 16.1 Å². The molecule has 2 heterocycles. The topological polar surface area (TPSA) is 43.6 Å². The van der Waals surface area contributed by atoms with Crippen molar-refractivity contribution < 1.29 is 0 Å². The quantitative estimate of drug-likeness (QED) is 0.810. The first kappa shape index (κ1) is 13.3. The molecule has 2 aromatic heterocycles. The fourth-order valence-electron chi connectivity index (χ4n) is 1.68. The van der Waals surface area contributed by atoms with E-state index in [0.29, 0.717) is 16.9 Å². The van der Waals surface area contributed by atoms with Crippen LogP contribution in [0.1, 0.15) is 31.1 Å². The molecule has 2 rings (SSSR count). The van der Waals surface area contributed by atoms with Crippen molar-refractivity contribution in [3.63, 3.8) is 0 Å². The highest BCUT2D eigenvalue weighted by atomic mass is 35.5. The van der Waals surface area contributed by atoms with Gasteiger partial charge in [-0.25, -0.2) is 14.6 Å². The standard InChI is InChI=1S/C12H14Cl2N4/c1-3-10-16-11(4-2)18(17-10)7-8-5-6-9(13)15-12(8)14/h5-6H,3-4,7H2,1-2H3. The van der Waals surface area contributed by atoms with E-state index in [0.717, 1.165) is 30.1 Å². The van der Waals surface area contributed by atoms with Crippen molar-refractivity contribution in [2.24, 2.45) is 0 Å². The summed E-state index contributed by atoms with van der Waals surface area (Å²) < 4.78 is 1.87. The van der Waals surface area contributed by atoms with Crippen LogP contribution in [0.2, 0.25) is 10.3 Å². The van der Waals surface area contributed by atoms with Crippen molar-refractivity contribution in [1.29, 1.82) is 0 Å². The van der Waals surface area contributed by atoms with E-state index < -0.39 is 0 Å². The fourth-order valence-corrected chi connectivity index (χ4v) is 2.09. The van der Waals surface area contributed by atoms with E-state index in [1.54, 1.807) is 6.07 Å². The number of hydrogen-bond donors (Lipinski definition) is 0. The molecule has 0 saturated carbocycles. The lowest BCUT2D eigenvalue weighted by Crippen LogP contribution is -2.07. The zero-order chi connectivity index (χ0) is 13.1. The first-order chi connectivity index (χ1) is 8.63. The highest BCUT2D eigenvalue weighted by Crippen LogP contribution is 2.18. The van der Waals surface area contributed by atoms with E-state index in [1.807, 2.05) is 17.7 Å². The van der Waals surface area contributed by atoms with Gasteiger partial charge in [0.2, 0.25) is 0 Å². The Kier molecular flexibility index (Phi) is 4.19. The van der Waals surface area contributed by atoms with Crippen molar-refractivity contribution in [1.82, 2.24) is 19.7 Å². The van der Waals surface area contributed by atoms with Gasteiger partial charge in [-0.15, -0.1) is 0 Å². The molecule has 0 aromatic carbocycles. The summed E-state index contributed by atoms with van der Waals surface area (Å²) in [5.74, 6) is 1.81. The second-order valence-corrected chi connectivity index (χ2v) is 4.64. The first-order valence-corrected chi connectivity index (χ1v) is 6.63. The number of halogens is 2. The summed E-state index contributed by atoms with van der Waals surface area (Å²) in [5.41, 5.74) is 0.892. The fraction of sp³-hybridized carbons (Fsp3) is 0.417. The van der Waals surface area contributed by atoms with Gasteiger partial charge in [0, 0.05) is 18.4 Å². The second-order valence-electron chi connectivity index (χ2n) is 3.89. The third-order valence-electron chi connectivity index (χ3n) is 2.64. The lowest BCUT2D eigenvalue weighted by molar-refractivity contribution is 0.636. The van der Waals surface area contributed by atoms with Crippen LogP contribution in [0.4, 0.5) is 0 Å². The van der Waals surface area contributed by atoms with Crippen LogP contribution in [0, 0.1) is 0 Å². The SMILES string of the molecule is CCc1nc(CC)n(Cc2ccc(Cl)nc2Cl)n1. The van der Waals surface area contributed by atoms with Crippen LogP contribution in [0.5, 0.6) is 0 Å². The molecule has 0 atom stereocenters. The van der Waals surface area contributed by atoms with Gasteiger partial charge in [-0.3, -0.25) is 0 Å². The molecule has 0 saturated heterocycles. The molecule has 0 unspecified atom stereocenters. The lowest BCUT2D eigenvalue weighted by Gasteiger charge is -2.06. The average molecular weight is 285 g/mol. The summed E-state index contributed by atoms with van der Waals surface area (Å²) in [6.07, 6.45) is 1.66. The van der Waals surface area contributed by atoms with Gasteiger partial charge in [-0.2, -0.15) is 5.10 Å². The molecule has 96 valence electrons. The van der Waals surface area contributed by atoms with E-state index >= 15 is 0 Å². The number of rotatable bonds is 4. The third-order valence-corrected chi connectivity index (χ3v) is 3.17. The van der Waals surface area contributed by atoms with Gasteiger partial charge in [0.05, 0.1) is 6.54 Å². The maximum Gasteiger partial charge on any atom is 0.150 e. The van der Waals surface area contributed by atoms with Crippen LogP contribution in [0.3, 0.4) is 0 Å². The van der Waals surface area contributed by atoms with Crippen LogP contribution < -0.4 is 0 Å². The summed E-state index contributed by atoms with van der Waals surface area (Å²) in [7, 11) is 0. The van der Waals surface area contributed by atoms with Crippen molar-refractivity contribution in [2.45, 2.75) is 33.2 Å². The van der Waals surface area contributed by atoms with E-state index in [4.69, 9.17) is 23.2 Å². The Hall–Kier alpha value is -1.13. The molecule has 0 amide bonds. The highest BCUT2D eigenvalue weighted by molar-refractivity contribution is 6.32. The maximum atomic E-state index is 6.06. The van der Waals surface area contributed by atoms with Gasteiger partial charge < -0.3 is 0 Å². The number of aryl methyl sites for hydroxylation is 2. The Balaban J connectivity index is 2.30. The largest absolute Gasteiger partial charge is 0.245 e. The Labute approximate surface area is 116 Å². The summed E-state index contributed by atoms with van der Waals surface area (Å²) in [5, 5.41) is 5.26. The van der Waals surface area contributed by atoms with Crippen LogP contribution >= 0.6 is 23.2 Å². The predicted molar refractivity (Wildman–Crippen MR) is 72.1 cm³/mol. The molecule has 2 aromatic rings. The van der Waals surface area contributed by atoms with Crippen LogP contribution in [-0.4, -0.2) is 19.7 Å². The molecule has 0 aliphatic heterocycles. The van der Waals surface area contributed by atoms with Gasteiger partial charge >= 0.3 is 0 Å². The molecule has 6 heteroatoms. The van der Waals surface area contributed by atoms with E-state index in [-0.39, 0.29) is 0 Å². The van der Waals surface area contributed by atoms with E-state index in [2.05, 4.69) is 22.0 Å². The van der Waals surface area contributed by atoms with Gasteiger partial charge in [-0.1, -0.05) is 43.1 Å². The van der Waals surface area contributed by atoms with E-state index in [1.165, 1.54) is 0 Å². The zero-order valence-corrected chi connectivity index (χ0v) is 11.8. The van der Waals surface area contributed by atoms with Crippen molar-refractivity contribution in [3.8, 4) is 0 Å². The van der Waals surface area contributed by atoms with E-state index in [9.17, 15) is 0 Å². The number of aromatic nitrogens is 4. The van der Waals surface area contributed by atoms with Crippen molar-refractivity contribution in [2.75, 3.05) is 0 Å². The number of hydrogen-bond acceptors (Lipinski definition) is 3. The smallest absolute Gasteiger partial charge is 0.150 e. The minimum Gasteiger partial charge on any atom is -0.245 e. The van der Waals surface area contributed by atoms with Gasteiger partial charge in [0.15, 0.2) is 5.82 Å². The summed E-state index contributed by atoms with van der Waals surface area (Å²) in [4.78, 5) is 8.47. The number of nitrogens with zero attached hydrogens (tertiary/aromatic N) is 4. The summed E-state index contributed by atoms with van der Waals surface area (Å²) >= 11 is 11.8. The minimum atomic E-state index is 0.396. The van der Waals surface area contributed by atoms with Crippen molar-refractivity contribution in [3.05, 3.63) is 39.7 Å². The maximum absolute atomic E-state index is 6.06.